The SMILES string of the molecule is CCCC(=O)NC(=O)C1CCSC1NC(=O)C1Nc2ccccc2S1. The van der Waals surface area contributed by atoms with E-state index in [0.717, 1.165) is 16.3 Å². The molecule has 1 aromatic rings. The fourth-order valence-corrected chi connectivity index (χ4v) is 5.20. The lowest BCUT2D eigenvalue weighted by Crippen LogP contribution is -2.47. The first-order valence-corrected chi connectivity index (χ1v) is 10.3. The second kappa shape index (κ2) is 8.14. The summed E-state index contributed by atoms with van der Waals surface area (Å²) in [6.45, 7) is 1.89. The van der Waals surface area contributed by atoms with Crippen molar-refractivity contribution in [2.45, 2.75) is 41.8 Å². The summed E-state index contributed by atoms with van der Waals surface area (Å²) in [4.78, 5) is 37.5. The Hall–Kier alpha value is -1.67. The Morgan fingerprint density at radius 2 is 2.04 bits per heavy atom. The number of para-hydroxylation sites is 1. The molecule has 1 fully saturated rings. The maximum absolute atomic E-state index is 12.6. The lowest BCUT2D eigenvalue weighted by molar-refractivity contribution is -0.132. The molecule has 0 aliphatic carbocycles. The Kier molecular flexibility index (Phi) is 5.90. The van der Waals surface area contributed by atoms with Crippen LogP contribution in [0.15, 0.2) is 29.2 Å². The van der Waals surface area contributed by atoms with E-state index in [0.29, 0.717) is 19.3 Å². The van der Waals surface area contributed by atoms with Gasteiger partial charge in [-0.15, -0.1) is 11.8 Å². The van der Waals surface area contributed by atoms with Gasteiger partial charge >= 0.3 is 0 Å². The molecule has 3 rings (SSSR count). The summed E-state index contributed by atoms with van der Waals surface area (Å²) >= 11 is 3.02. The summed E-state index contributed by atoms with van der Waals surface area (Å²) in [5, 5.41) is 7.90. The van der Waals surface area contributed by atoms with Crippen LogP contribution in [0.5, 0.6) is 0 Å². The van der Waals surface area contributed by atoms with Crippen LogP contribution in [0, 0.1) is 5.92 Å². The Morgan fingerprint density at radius 1 is 1.24 bits per heavy atom. The van der Waals surface area contributed by atoms with E-state index in [2.05, 4.69) is 16.0 Å². The molecule has 0 saturated carbocycles. The smallest absolute Gasteiger partial charge is 0.254 e. The first kappa shape index (κ1) is 18.1. The van der Waals surface area contributed by atoms with Gasteiger partial charge in [0.2, 0.25) is 11.8 Å². The predicted octanol–water partition coefficient (Wildman–Crippen LogP) is 2.17. The molecule has 3 atom stereocenters. The fraction of sp³-hybridized carbons (Fsp3) is 0.471. The molecule has 25 heavy (non-hydrogen) atoms. The van der Waals surface area contributed by atoms with E-state index in [1.807, 2.05) is 31.2 Å². The Balaban J connectivity index is 1.56. The van der Waals surface area contributed by atoms with E-state index in [-0.39, 0.29) is 29.0 Å². The van der Waals surface area contributed by atoms with Crippen LogP contribution in [0.1, 0.15) is 26.2 Å². The number of imide groups is 1. The second-order valence-electron chi connectivity index (χ2n) is 6.00. The maximum Gasteiger partial charge on any atom is 0.254 e. The number of amides is 3. The zero-order valence-corrected chi connectivity index (χ0v) is 15.5. The van der Waals surface area contributed by atoms with Crippen LogP contribution in [-0.2, 0) is 14.4 Å². The number of thioether (sulfide) groups is 2. The lowest BCUT2D eigenvalue weighted by Gasteiger charge is -2.21. The molecule has 1 aromatic carbocycles. The van der Waals surface area contributed by atoms with E-state index in [9.17, 15) is 14.4 Å². The molecule has 2 heterocycles. The number of carbonyl (C=O) groups excluding carboxylic acids is 3. The van der Waals surface area contributed by atoms with Crippen LogP contribution in [0.25, 0.3) is 0 Å². The Bertz CT molecular complexity index is 658. The van der Waals surface area contributed by atoms with Crippen LogP contribution in [-0.4, -0.2) is 34.2 Å². The van der Waals surface area contributed by atoms with Gasteiger partial charge in [0.15, 0.2) is 5.37 Å². The number of carbonyl (C=O) groups is 3. The standard InChI is InChI=1S/C17H21N3O3S2/c1-2-5-13(21)19-14(22)10-8-9-24-16(10)20-15(23)17-18-11-6-3-4-7-12(11)25-17/h3-4,6-7,10,16-18H,2,5,8-9H2,1H3,(H,20,23)(H,19,21,22). The van der Waals surface area contributed by atoms with E-state index in [1.54, 1.807) is 11.8 Å². The average molecular weight is 380 g/mol. The monoisotopic (exact) mass is 379 g/mol. The Morgan fingerprint density at radius 3 is 2.80 bits per heavy atom. The summed E-state index contributed by atoms with van der Waals surface area (Å²) in [5.74, 6) is -0.264. The highest BCUT2D eigenvalue weighted by Crippen LogP contribution is 2.38. The summed E-state index contributed by atoms with van der Waals surface area (Å²) < 4.78 is 0. The maximum atomic E-state index is 12.6. The Labute approximate surface area is 155 Å². The molecule has 0 spiro atoms. The van der Waals surface area contributed by atoms with Crippen molar-refractivity contribution in [3.8, 4) is 0 Å². The minimum absolute atomic E-state index is 0.140. The summed E-state index contributed by atoms with van der Waals surface area (Å²) in [6.07, 6.45) is 1.69. The van der Waals surface area contributed by atoms with Gasteiger partial charge < -0.3 is 10.6 Å². The van der Waals surface area contributed by atoms with Crippen LogP contribution in [0.3, 0.4) is 0 Å². The molecule has 8 heteroatoms. The summed E-state index contributed by atoms with van der Waals surface area (Å²) in [5.41, 5.74) is 0.950. The molecule has 0 radical (unpaired) electrons. The van der Waals surface area contributed by atoms with E-state index in [4.69, 9.17) is 0 Å². The first-order chi connectivity index (χ1) is 12.1. The molecule has 6 nitrogen and oxygen atoms in total. The van der Waals surface area contributed by atoms with Crippen molar-refractivity contribution < 1.29 is 14.4 Å². The molecule has 2 aliphatic heterocycles. The third kappa shape index (κ3) is 4.30. The first-order valence-electron chi connectivity index (χ1n) is 8.36. The number of hydrogen-bond donors (Lipinski definition) is 3. The van der Waals surface area contributed by atoms with Gasteiger partial charge in [0.1, 0.15) is 0 Å². The second-order valence-corrected chi connectivity index (χ2v) is 8.39. The van der Waals surface area contributed by atoms with Crippen molar-refractivity contribution in [3.63, 3.8) is 0 Å². The van der Waals surface area contributed by atoms with Gasteiger partial charge in [0.25, 0.3) is 5.91 Å². The van der Waals surface area contributed by atoms with E-state index in [1.165, 1.54) is 11.8 Å². The minimum atomic E-state index is -0.399. The highest BCUT2D eigenvalue weighted by Gasteiger charge is 2.37. The van der Waals surface area contributed by atoms with Crippen molar-refractivity contribution in [2.24, 2.45) is 5.92 Å². The van der Waals surface area contributed by atoms with E-state index < -0.39 is 5.37 Å². The van der Waals surface area contributed by atoms with Gasteiger partial charge in [0, 0.05) is 17.0 Å². The van der Waals surface area contributed by atoms with Gasteiger partial charge in [-0.25, -0.2) is 0 Å². The highest BCUT2D eigenvalue weighted by molar-refractivity contribution is 8.01. The normalized spacial score (nSPS) is 24.3. The van der Waals surface area contributed by atoms with Crippen molar-refractivity contribution in [1.82, 2.24) is 10.6 Å². The molecule has 134 valence electrons. The lowest BCUT2D eigenvalue weighted by atomic mass is 10.1. The summed E-state index contributed by atoms with van der Waals surface area (Å²) in [6, 6.07) is 7.77. The van der Waals surface area contributed by atoms with Gasteiger partial charge in [-0.3, -0.25) is 19.7 Å². The number of anilines is 1. The molecule has 1 saturated heterocycles. The van der Waals surface area contributed by atoms with Crippen LogP contribution in [0.2, 0.25) is 0 Å². The molecule has 3 N–H and O–H groups in total. The molecule has 0 bridgehead atoms. The molecule has 2 aliphatic rings. The van der Waals surface area contributed by atoms with Crippen molar-refractivity contribution >= 4 is 46.9 Å². The van der Waals surface area contributed by atoms with Gasteiger partial charge in [0.05, 0.1) is 11.3 Å². The van der Waals surface area contributed by atoms with Gasteiger partial charge in [-0.2, -0.15) is 0 Å². The van der Waals surface area contributed by atoms with Crippen LogP contribution >= 0.6 is 23.5 Å². The topological polar surface area (TPSA) is 87.3 Å². The number of rotatable bonds is 5. The molecular weight excluding hydrogens is 358 g/mol. The highest BCUT2D eigenvalue weighted by atomic mass is 32.2. The number of hydrogen-bond acceptors (Lipinski definition) is 6. The van der Waals surface area contributed by atoms with Gasteiger partial charge in [-0.1, -0.05) is 30.8 Å². The zero-order valence-electron chi connectivity index (χ0n) is 13.9. The minimum Gasteiger partial charge on any atom is -0.364 e. The predicted molar refractivity (Wildman–Crippen MR) is 100 cm³/mol. The number of fused-ring (bicyclic) bond motifs is 1. The van der Waals surface area contributed by atoms with Gasteiger partial charge in [-0.05, 0) is 30.7 Å². The molecule has 3 amide bonds. The largest absolute Gasteiger partial charge is 0.364 e. The van der Waals surface area contributed by atoms with E-state index >= 15 is 0 Å². The third-order valence-electron chi connectivity index (χ3n) is 4.11. The number of nitrogens with one attached hydrogen (secondary N) is 3. The quantitative estimate of drug-likeness (QED) is 0.727. The van der Waals surface area contributed by atoms with Crippen LogP contribution < -0.4 is 16.0 Å². The molecular formula is C17H21N3O3S2. The van der Waals surface area contributed by atoms with Crippen molar-refractivity contribution in [2.75, 3.05) is 11.1 Å². The zero-order chi connectivity index (χ0) is 17.8. The van der Waals surface area contributed by atoms with Crippen LogP contribution in [0.4, 0.5) is 5.69 Å². The number of benzene rings is 1. The third-order valence-corrected chi connectivity index (χ3v) is 6.56. The molecule has 0 aromatic heterocycles. The van der Waals surface area contributed by atoms with Crippen molar-refractivity contribution in [3.05, 3.63) is 24.3 Å². The fourth-order valence-electron chi connectivity index (χ4n) is 2.84. The molecule has 3 unspecified atom stereocenters. The average Bonchev–Trinajstić information content (AvgIpc) is 3.21. The van der Waals surface area contributed by atoms with Crippen molar-refractivity contribution in [1.29, 1.82) is 0 Å². The summed E-state index contributed by atoms with van der Waals surface area (Å²) in [7, 11) is 0.